The minimum atomic E-state index is -1.63. The minimum absolute atomic E-state index is 0.0893. The van der Waals surface area contributed by atoms with Crippen LogP contribution in [0.15, 0.2) is 30.3 Å². The standard InChI is InChI=1S/C31H45N3O9/c1-31(2,3)43-30(40)34-23(18-21-13-8-5-9-14-21)27(37)33-24-19-42-25(35)15-10-16-41-29(39)26(36)22(32-28(24)38)17-20-11-6-4-7-12-20/h5,8-9,13-14,20,22-24,26,36H,4,6-7,10-12,15-19H2,1-3H3,(H,32,38)(H,33,37)(H,34,40)/t22?,23-,24?,26+/m0/s1. The number of hydrogen-bond acceptors (Lipinski definition) is 9. The lowest BCUT2D eigenvalue weighted by Gasteiger charge is -2.30. The molecule has 1 aliphatic carbocycles. The van der Waals surface area contributed by atoms with Crippen LogP contribution in [-0.2, 0) is 39.8 Å². The second-order valence-corrected chi connectivity index (χ2v) is 12.2. The Hall–Kier alpha value is -3.67. The zero-order valence-electron chi connectivity index (χ0n) is 25.3. The molecule has 1 aromatic carbocycles. The SMILES string of the molecule is CC(C)(C)OC(=O)N[C@@H](Cc1ccccc1)C(=O)NC1COC(=O)CCCOC(=O)[C@H](O)C(CC2CCCCC2)NC1=O. The van der Waals surface area contributed by atoms with Gasteiger partial charge in [0.25, 0.3) is 0 Å². The van der Waals surface area contributed by atoms with Crippen molar-refractivity contribution in [1.82, 2.24) is 16.0 Å². The smallest absolute Gasteiger partial charge is 0.408 e. The predicted molar refractivity (Wildman–Crippen MR) is 156 cm³/mol. The average molecular weight is 604 g/mol. The highest BCUT2D eigenvalue weighted by molar-refractivity contribution is 5.92. The molecule has 2 unspecified atom stereocenters. The molecule has 43 heavy (non-hydrogen) atoms. The lowest BCUT2D eigenvalue weighted by molar-refractivity contribution is -0.156. The number of alkyl carbamates (subject to hydrolysis) is 1. The number of ether oxygens (including phenoxy) is 3. The molecule has 3 amide bonds. The molecule has 12 heteroatoms. The number of hydrogen-bond donors (Lipinski definition) is 4. The van der Waals surface area contributed by atoms with Gasteiger partial charge < -0.3 is 35.3 Å². The lowest BCUT2D eigenvalue weighted by Crippen LogP contribution is -2.59. The summed E-state index contributed by atoms with van der Waals surface area (Å²) in [6.45, 7) is 4.50. The van der Waals surface area contributed by atoms with E-state index >= 15 is 0 Å². The largest absolute Gasteiger partial charge is 0.464 e. The summed E-state index contributed by atoms with van der Waals surface area (Å²) in [5.74, 6) is -2.80. The van der Waals surface area contributed by atoms with Crippen molar-refractivity contribution in [3.8, 4) is 0 Å². The second-order valence-electron chi connectivity index (χ2n) is 12.2. The molecule has 1 aromatic rings. The van der Waals surface area contributed by atoms with Crippen LogP contribution < -0.4 is 16.0 Å². The molecule has 4 atom stereocenters. The highest BCUT2D eigenvalue weighted by atomic mass is 16.6. The topological polar surface area (TPSA) is 169 Å². The molecule has 1 saturated carbocycles. The molecule has 2 aliphatic rings. The van der Waals surface area contributed by atoms with E-state index in [0.29, 0.717) is 6.42 Å². The molecular formula is C31H45N3O9. The highest BCUT2D eigenvalue weighted by Crippen LogP contribution is 2.28. The van der Waals surface area contributed by atoms with Crippen LogP contribution in [0.3, 0.4) is 0 Å². The van der Waals surface area contributed by atoms with Crippen molar-refractivity contribution >= 4 is 29.8 Å². The summed E-state index contributed by atoms with van der Waals surface area (Å²) in [4.78, 5) is 64.7. The Balaban J connectivity index is 1.82. The molecule has 0 spiro atoms. The Bertz CT molecular complexity index is 1100. The van der Waals surface area contributed by atoms with Crippen molar-refractivity contribution in [2.24, 2.45) is 5.92 Å². The molecule has 1 heterocycles. The fraction of sp³-hybridized carbons (Fsp3) is 0.645. The lowest BCUT2D eigenvalue weighted by atomic mass is 9.83. The van der Waals surface area contributed by atoms with Crippen LogP contribution in [0.25, 0.3) is 0 Å². The summed E-state index contributed by atoms with van der Waals surface area (Å²) < 4.78 is 15.8. The number of esters is 2. The van der Waals surface area contributed by atoms with Crippen LogP contribution in [0.5, 0.6) is 0 Å². The molecule has 1 aliphatic heterocycles. The van der Waals surface area contributed by atoms with Crippen molar-refractivity contribution in [3.05, 3.63) is 35.9 Å². The normalized spacial score (nSPS) is 23.6. The molecule has 0 bridgehead atoms. The van der Waals surface area contributed by atoms with Crippen LogP contribution in [-0.4, -0.2) is 78.0 Å². The fourth-order valence-electron chi connectivity index (χ4n) is 5.18. The molecular weight excluding hydrogens is 558 g/mol. The van der Waals surface area contributed by atoms with Crippen LogP contribution in [0.1, 0.15) is 77.7 Å². The monoisotopic (exact) mass is 603 g/mol. The van der Waals surface area contributed by atoms with Gasteiger partial charge in [0.05, 0.1) is 12.6 Å². The van der Waals surface area contributed by atoms with E-state index in [4.69, 9.17) is 14.2 Å². The van der Waals surface area contributed by atoms with Crippen molar-refractivity contribution in [1.29, 1.82) is 0 Å². The molecule has 4 N–H and O–H groups in total. The second kappa shape index (κ2) is 16.3. The Kier molecular flexibility index (Phi) is 12.8. The zero-order chi connectivity index (χ0) is 31.4. The Morgan fingerprint density at radius 3 is 2.42 bits per heavy atom. The first kappa shape index (κ1) is 33.8. The van der Waals surface area contributed by atoms with Gasteiger partial charge in [0.15, 0.2) is 6.10 Å². The van der Waals surface area contributed by atoms with E-state index in [2.05, 4.69) is 16.0 Å². The number of cyclic esters (lactones) is 2. The number of amides is 3. The summed E-state index contributed by atoms with van der Waals surface area (Å²) in [7, 11) is 0. The summed E-state index contributed by atoms with van der Waals surface area (Å²) in [6.07, 6.45) is 3.04. The number of rotatable bonds is 7. The third kappa shape index (κ3) is 11.9. The van der Waals surface area contributed by atoms with Gasteiger partial charge in [-0.3, -0.25) is 14.4 Å². The minimum Gasteiger partial charge on any atom is -0.464 e. The summed E-state index contributed by atoms with van der Waals surface area (Å²) in [5, 5.41) is 18.7. The van der Waals surface area contributed by atoms with Gasteiger partial charge in [0.1, 0.15) is 24.3 Å². The molecule has 1 saturated heterocycles. The Morgan fingerprint density at radius 2 is 1.74 bits per heavy atom. The molecule has 238 valence electrons. The molecule has 0 aromatic heterocycles. The van der Waals surface area contributed by atoms with Crippen molar-refractivity contribution in [3.63, 3.8) is 0 Å². The van der Waals surface area contributed by atoms with Gasteiger partial charge in [0, 0.05) is 12.8 Å². The summed E-state index contributed by atoms with van der Waals surface area (Å²) in [5.41, 5.74) is -0.0632. The van der Waals surface area contributed by atoms with Crippen molar-refractivity contribution < 1.29 is 43.3 Å². The van der Waals surface area contributed by atoms with Crippen molar-refractivity contribution in [2.75, 3.05) is 13.2 Å². The van der Waals surface area contributed by atoms with Crippen molar-refractivity contribution in [2.45, 2.75) is 108 Å². The predicted octanol–water partition coefficient (Wildman–Crippen LogP) is 2.30. The van der Waals surface area contributed by atoms with E-state index < -0.39 is 66.3 Å². The van der Waals surface area contributed by atoms with Gasteiger partial charge in [-0.15, -0.1) is 0 Å². The van der Waals surface area contributed by atoms with E-state index in [9.17, 15) is 29.1 Å². The first-order valence-corrected chi connectivity index (χ1v) is 15.1. The van der Waals surface area contributed by atoms with E-state index in [-0.39, 0.29) is 31.8 Å². The number of carbonyl (C=O) groups is 5. The first-order valence-electron chi connectivity index (χ1n) is 15.1. The fourth-order valence-corrected chi connectivity index (χ4v) is 5.18. The van der Waals surface area contributed by atoms with Gasteiger partial charge in [-0.25, -0.2) is 9.59 Å². The third-order valence-electron chi connectivity index (χ3n) is 7.37. The van der Waals surface area contributed by atoms with Crippen LogP contribution in [0, 0.1) is 5.92 Å². The van der Waals surface area contributed by atoms with E-state index in [1.165, 1.54) is 0 Å². The van der Waals surface area contributed by atoms with Crippen LogP contribution >= 0.6 is 0 Å². The van der Waals surface area contributed by atoms with E-state index in [0.717, 1.165) is 37.7 Å². The maximum atomic E-state index is 13.6. The third-order valence-corrected chi connectivity index (χ3v) is 7.37. The van der Waals surface area contributed by atoms with E-state index in [1.54, 1.807) is 45.0 Å². The number of carbonyl (C=O) groups excluding carboxylic acids is 5. The molecule has 3 rings (SSSR count). The molecule has 2 fully saturated rings. The highest BCUT2D eigenvalue weighted by Gasteiger charge is 2.35. The average Bonchev–Trinajstić information content (AvgIpc) is 2.96. The van der Waals surface area contributed by atoms with Gasteiger partial charge in [-0.1, -0.05) is 62.4 Å². The maximum absolute atomic E-state index is 13.6. The van der Waals surface area contributed by atoms with Crippen LogP contribution in [0.2, 0.25) is 0 Å². The van der Waals surface area contributed by atoms with Gasteiger partial charge in [-0.05, 0) is 45.1 Å². The number of aliphatic hydroxyl groups is 1. The number of benzene rings is 1. The van der Waals surface area contributed by atoms with Gasteiger partial charge in [-0.2, -0.15) is 0 Å². The van der Waals surface area contributed by atoms with E-state index in [1.807, 2.05) is 6.07 Å². The zero-order valence-corrected chi connectivity index (χ0v) is 25.3. The maximum Gasteiger partial charge on any atom is 0.408 e. The first-order chi connectivity index (χ1) is 20.4. The summed E-state index contributed by atoms with van der Waals surface area (Å²) in [6, 6.07) is 5.52. The molecule has 0 radical (unpaired) electrons. The number of aliphatic hydroxyl groups excluding tert-OH is 1. The van der Waals surface area contributed by atoms with Gasteiger partial charge in [0.2, 0.25) is 11.8 Å². The number of nitrogens with one attached hydrogen (secondary N) is 3. The summed E-state index contributed by atoms with van der Waals surface area (Å²) >= 11 is 0. The van der Waals surface area contributed by atoms with Gasteiger partial charge >= 0.3 is 18.0 Å². The Labute approximate surface area is 252 Å². The quantitative estimate of drug-likeness (QED) is 0.270. The Morgan fingerprint density at radius 1 is 1.05 bits per heavy atom. The van der Waals surface area contributed by atoms with Crippen LogP contribution in [0.4, 0.5) is 4.79 Å². The molecule has 12 nitrogen and oxygen atoms in total.